The van der Waals surface area contributed by atoms with E-state index >= 15 is 0 Å². The third-order valence-electron chi connectivity index (χ3n) is 3.52. The first-order chi connectivity index (χ1) is 9.01. The number of aryl methyl sites for hydroxylation is 1. The third-order valence-corrected chi connectivity index (χ3v) is 3.52. The number of imide groups is 1. The highest BCUT2D eigenvalue weighted by atomic mass is 16.4. The van der Waals surface area contributed by atoms with Gasteiger partial charge in [-0.1, -0.05) is 20.3 Å². The minimum Gasteiger partial charge on any atom is -0.426 e. The molecular formula is C14H17NO4. The Hall–Kier alpha value is -1.91. The van der Waals surface area contributed by atoms with Crippen LogP contribution >= 0.6 is 0 Å². The second-order valence-electron chi connectivity index (χ2n) is 5.00. The zero-order valence-corrected chi connectivity index (χ0v) is 11.1. The molecule has 19 heavy (non-hydrogen) atoms. The lowest BCUT2D eigenvalue weighted by molar-refractivity contribution is -0.120. The molecule has 5 nitrogen and oxygen atoms in total. The first-order valence-corrected chi connectivity index (χ1v) is 6.51. The monoisotopic (exact) mass is 263 g/mol. The van der Waals surface area contributed by atoms with Gasteiger partial charge in [-0.15, -0.1) is 0 Å². The second kappa shape index (κ2) is 5.38. The zero-order valence-electron chi connectivity index (χ0n) is 11.1. The van der Waals surface area contributed by atoms with E-state index in [0.717, 1.165) is 12.8 Å². The van der Waals surface area contributed by atoms with Crippen molar-refractivity contribution >= 4 is 11.8 Å². The molecule has 1 aliphatic rings. The summed E-state index contributed by atoms with van der Waals surface area (Å²) >= 11 is 0. The number of fused-ring (bicyclic) bond motifs is 1. The predicted octanol–water partition coefficient (Wildman–Crippen LogP) is 1.43. The lowest BCUT2D eigenvalue weighted by atomic mass is 9.94. The Morgan fingerprint density at radius 1 is 1.37 bits per heavy atom. The smallest absolute Gasteiger partial charge is 0.336 e. The van der Waals surface area contributed by atoms with Crippen LogP contribution in [0.15, 0.2) is 15.3 Å². The molecule has 102 valence electrons. The second-order valence-corrected chi connectivity index (χ2v) is 5.00. The molecule has 0 aliphatic carbocycles. The Labute approximate surface area is 111 Å². The van der Waals surface area contributed by atoms with E-state index in [1.54, 1.807) is 0 Å². The maximum Gasteiger partial charge on any atom is 0.336 e. The van der Waals surface area contributed by atoms with Gasteiger partial charge in [-0.25, -0.2) is 4.79 Å². The van der Waals surface area contributed by atoms with Crippen LogP contribution in [-0.4, -0.2) is 11.8 Å². The SMILES string of the molecule is CCC(C)CCc1cc(=O)oc2c1C(=O)NC(=O)C2. The fraction of sp³-hybridized carbons (Fsp3) is 0.500. The van der Waals surface area contributed by atoms with Crippen molar-refractivity contribution in [2.45, 2.75) is 39.5 Å². The molecule has 2 amide bonds. The van der Waals surface area contributed by atoms with Gasteiger partial charge < -0.3 is 4.42 Å². The first-order valence-electron chi connectivity index (χ1n) is 6.51. The largest absolute Gasteiger partial charge is 0.426 e. The van der Waals surface area contributed by atoms with E-state index in [4.69, 9.17) is 4.42 Å². The van der Waals surface area contributed by atoms with E-state index in [1.807, 2.05) is 0 Å². The number of carbonyl (C=O) groups excluding carboxylic acids is 2. The molecule has 0 bridgehead atoms. The number of nitrogens with one attached hydrogen (secondary N) is 1. The maximum absolute atomic E-state index is 11.8. The molecule has 1 unspecified atom stereocenters. The van der Waals surface area contributed by atoms with Gasteiger partial charge in [-0.05, 0) is 24.3 Å². The van der Waals surface area contributed by atoms with Crippen molar-refractivity contribution in [3.05, 3.63) is 33.4 Å². The lowest BCUT2D eigenvalue weighted by Gasteiger charge is -2.17. The number of carbonyl (C=O) groups is 2. The van der Waals surface area contributed by atoms with E-state index in [9.17, 15) is 14.4 Å². The van der Waals surface area contributed by atoms with E-state index < -0.39 is 17.4 Å². The van der Waals surface area contributed by atoms with Crippen molar-refractivity contribution < 1.29 is 14.0 Å². The summed E-state index contributed by atoms with van der Waals surface area (Å²) in [6.07, 6.45) is 2.54. The van der Waals surface area contributed by atoms with E-state index in [1.165, 1.54) is 6.07 Å². The molecule has 1 aromatic heterocycles. The number of rotatable bonds is 4. The highest BCUT2D eigenvalue weighted by molar-refractivity contribution is 6.09. The molecule has 0 radical (unpaired) electrons. The third kappa shape index (κ3) is 2.92. The Morgan fingerprint density at radius 3 is 2.79 bits per heavy atom. The van der Waals surface area contributed by atoms with Gasteiger partial charge in [0, 0.05) is 6.07 Å². The molecule has 1 aromatic rings. The molecule has 2 heterocycles. The van der Waals surface area contributed by atoms with Crippen LogP contribution < -0.4 is 10.9 Å². The summed E-state index contributed by atoms with van der Waals surface area (Å²) in [7, 11) is 0. The van der Waals surface area contributed by atoms with Gasteiger partial charge in [-0.2, -0.15) is 0 Å². The molecule has 0 fully saturated rings. The van der Waals surface area contributed by atoms with Crippen molar-refractivity contribution in [3.8, 4) is 0 Å². The van der Waals surface area contributed by atoms with Crippen molar-refractivity contribution in [1.82, 2.24) is 5.32 Å². The van der Waals surface area contributed by atoms with Crippen LogP contribution in [0.3, 0.4) is 0 Å². The molecule has 2 rings (SSSR count). The normalized spacial score (nSPS) is 15.9. The molecule has 1 atom stereocenters. The summed E-state index contributed by atoms with van der Waals surface area (Å²) in [5.74, 6) is -0.176. The highest BCUT2D eigenvalue weighted by Crippen LogP contribution is 2.20. The summed E-state index contributed by atoms with van der Waals surface area (Å²) in [6, 6.07) is 1.36. The van der Waals surface area contributed by atoms with Gasteiger partial charge in [0.2, 0.25) is 5.91 Å². The summed E-state index contributed by atoms with van der Waals surface area (Å²) in [6.45, 7) is 4.23. The van der Waals surface area contributed by atoms with Crippen LogP contribution in [0.2, 0.25) is 0 Å². The quantitative estimate of drug-likeness (QED) is 0.834. The average molecular weight is 263 g/mol. The van der Waals surface area contributed by atoms with Gasteiger partial charge in [0.25, 0.3) is 5.91 Å². The fourth-order valence-electron chi connectivity index (χ4n) is 2.17. The number of amides is 2. The average Bonchev–Trinajstić information content (AvgIpc) is 2.34. The summed E-state index contributed by atoms with van der Waals surface area (Å²) in [4.78, 5) is 34.6. The highest BCUT2D eigenvalue weighted by Gasteiger charge is 2.27. The summed E-state index contributed by atoms with van der Waals surface area (Å²) in [5.41, 5.74) is 0.541. The molecule has 5 heteroatoms. The molecule has 0 saturated heterocycles. The van der Waals surface area contributed by atoms with Crippen molar-refractivity contribution in [3.63, 3.8) is 0 Å². The molecule has 0 saturated carbocycles. The zero-order chi connectivity index (χ0) is 14.0. The predicted molar refractivity (Wildman–Crippen MR) is 68.9 cm³/mol. The summed E-state index contributed by atoms with van der Waals surface area (Å²) < 4.78 is 4.98. The van der Waals surface area contributed by atoms with Gasteiger partial charge in [0.05, 0.1) is 12.0 Å². The fourth-order valence-corrected chi connectivity index (χ4v) is 2.17. The van der Waals surface area contributed by atoms with Crippen LogP contribution in [0.1, 0.15) is 48.4 Å². The van der Waals surface area contributed by atoms with Crippen LogP contribution in [0.25, 0.3) is 0 Å². The minimum atomic E-state index is -0.500. The van der Waals surface area contributed by atoms with Gasteiger partial charge in [-0.3, -0.25) is 14.9 Å². The van der Waals surface area contributed by atoms with Crippen LogP contribution in [0.4, 0.5) is 0 Å². The molecule has 1 aliphatic heterocycles. The van der Waals surface area contributed by atoms with Crippen molar-refractivity contribution in [2.75, 3.05) is 0 Å². The van der Waals surface area contributed by atoms with Crippen LogP contribution in [0.5, 0.6) is 0 Å². The van der Waals surface area contributed by atoms with E-state index in [2.05, 4.69) is 19.2 Å². The van der Waals surface area contributed by atoms with E-state index in [0.29, 0.717) is 23.5 Å². The Kier molecular flexibility index (Phi) is 3.83. The van der Waals surface area contributed by atoms with Gasteiger partial charge in [0.1, 0.15) is 5.76 Å². The van der Waals surface area contributed by atoms with Crippen molar-refractivity contribution in [2.24, 2.45) is 5.92 Å². The first kappa shape index (κ1) is 13.5. The topological polar surface area (TPSA) is 76.4 Å². The lowest BCUT2D eigenvalue weighted by Crippen LogP contribution is -2.38. The Bertz CT molecular complexity index is 573. The maximum atomic E-state index is 11.8. The molecule has 1 N–H and O–H groups in total. The Morgan fingerprint density at radius 2 is 2.11 bits per heavy atom. The van der Waals surface area contributed by atoms with E-state index in [-0.39, 0.29) is 12.2 Å². The molecular weight excluding hydrogens is 246 g/mol. The van der Waals surface area contributed by atoms with Gasteiger partial charge in [0.15, 0.2) is 0 Å². The van der Waals surface area contributed by atoms with Crippen LogP contribution in [0, 0.1) is 5.92 Å². The molecule has 0 aromatic carbocycles. The van der Waals surface area contributed by atoms with Crippen molar-refractivity contribution in [1.29, 1.82) is 0 Å². The Balaban J connectivity index is 2.36. The van der Waals surface area contributed by atoms with Gasteiger partial charge >= 0.3 is 5.63 Å². The minimum absolute atomic E-state index is 0.0481. The number of hydrogen-bond donors (Lipinski definition) is 1. The molecule has 0 spiro atoms. The van der Waals surface area contributed by atoms with Crippen LogP contribution in [-0.2, 0) is 17.6 Å². The standard InChI is InChI=1S/C14H17NO4/c1-3-8(2)4-5-9-6-12(17)19-10-7-11(16)15-14(18)13(9)10/h6,8H,3-5,7H2,1-2H3,(H,15,16,18). The summed E-state index contributed by atoms with van der Waals surface area (Å²) in [5, 5.41) is 2.26. The number of hydrogen-bond acceptors (Lipinski definition) is 4.